The number of hydrazine groups is 1. The van der Waals surface area contributed by atoms with Gasteiger partial charge in [-0.25, -0.2) is 14.8 Å². The number of ether oxygens (including phenoxy) is 2. The zero-order chi connectivity index (χ0) is 35.2. The van der Waals surface area contributed by atoms with Gasteiger partial charge in [0.05, 0.1) is 19.7 Å². The van der Waals surface area contributed by atoms with E-state index in [0.717, 1.165) is 16.7 Å². The number of amides is 1. The molecule has 1 amide bonds. The summed E-state index contributed by atoms with van der Waals surface area (Å²) in [4.78, 5) is 25.5. The number of hydrogen-bond acceptors (Lipinski definition) is 8. The summed E-state index contributed by atoms with van der Waals surface area (Å²) in [5.74, 6) is -0.0103. The number of aliphatic hydroxyl groups excluding tert-OH is 1. The molecule has 0 aliphatic carbocycles. The molecule has 5 rings (SSSR count). The number of azide groups is 2. The second-order valence-electron chi connectivity index (χ2n) is 11.5. The van der Waals surface area contributed by atoms with Crippen LogP contribution in [0.4, 0.5) is 4.39 Å². The number of nitrogens with one attached hydrogen (secondary N) is 2. The fourth-order valence-electron chi connectivity index (χ4n) is 5.69. The summed E-state index contributed by atoms with van der Waals surface area (Å²) >= 11 is 0. The van der Waals surface area contributed by atoms with E-state index in [1.807, 2.05) is 48.5 Å². The largest absolute Gasteiger partial charge is 0.494 e. The van der Waals surface area contributed by atoms with Gasteiger partial charge in [0.25, 0.3) is 5.91 Å². The average molecular weight is 678 g/mol. The normalized spacial score (nSPS) is 16.4. The van der Waals surface area contributed by atoms with Crippen molar-refractivity contribution in [3.05, 3.63) is 157 Å². The monoisotopic (exact) mass is 677 g/mol. The van der Waals surface area contributed by atoms with E-state index in [9.17, 15) is 9.18 Å². The van der Waals surface area contributed by atoms with Gasteiger partial charge in [0, 0.05) is 41.4 Å². The highest BCUT2D eigenvalue weighted by Gasteiger charge is 2.54. The van der Waals surface area contributed by atoms with Crippen LogP contribution in [0.15, 0.2) is 112 Å². The number of nitrogens with zero attached hydrogens (tertiary/aromatic N) is 7. The number of aliphatic imine (C=N–C) groups is 1. The molecule has 0 radical (unpaired) electrons. The molecule has 0 bridgehead atoms. The molecule has 1 heterocycles. The zero-order valence-corrected chi connectivity index (χ0v) is 27.2. The van der Waals surface area contributed by atoms with E-state index in [4.69, 9.17) is 30.6 Å². The van der Waals surface area contributed by atoms with E-state index in [-0.39, 0.29) is 37.8 Å². The van der Waals surface area contributed by atoms with Crippen molar-refractivity contribution in [2.75, 3.05) is 19.8 Å². The first-order valence-electron chi connectivity index (χ1n) is 16.0. The second-order valence-corrected chi connectivity index (χ2v) is 11.5. The lowest BCUT2D eigenvalue weighted by Crippen LogP contribution is -2.54. The van der Waals surface area contributed by atoms with Gasteiger partial charge >= 0.3 is 0 Å². The molecular formula is C36H36FN9O4. The van der Waals surface area contributed by atoms with Gasteiger partial charge in [-0.1, -0.05) is 70.9 Å². The lowest BCUT2D eigenvalue weighted by molar-refractivity contribution is -0.130. The Hall–Kier alpha value is -5.91. The molecule has 256 valence electrons. The van der Waals surface area contributed by atoms with Gasteiger partial charge in [-0.2, -0.15) is 0 Å². The van der Waals surface area contributed by atoms with E-state index in [2.05, 4.69) is 30.9 Å². The minimum Gasteiger partial charge on any atom is -0.494 e. The van der Waals surface area contributed by atoms with E-state index in [1.54, 1.807) is 36.4 Å². The second kappa shape index (κ2) is 17.5. The highest BCUT2D eigenvalue weighted by atomic mass is 19.1. The Kier molecular flexibility index (Phi) is 12.4. The highest BCUT2D eigenvalue weighted by Crippen LogP contribution is 2.44. The molecule has 4 aromatic rings. The highest BCUT2D eigenvalue weighted by molar-refractivity contribution is 6.01. The Balaban J connectivity index is 1.57. The van der Waals surface area contributed by atoms with Crippen molar-refractivity contribution in [1.82, 2.24) is 10.9 Å². The number of carbonyl (C=O) groups is 1. The lowest BCUT2D eigenvalue weighted by atomic mass is 9.80. The molecule has 2 atom stereocenters. The molecule has 1 aliphatic heterocycles. The molecular weight excluding hydrogens is 641 g/mol. The van der Waals surface area contributed by atoms with Gasteiger partial charge in [0.1, 0.15) is 11.6 Å². The lowest BCUT2D eigenvalue weighted by Gasteiger charge is -2.32. The number of carbonyl (C=O) groups excluding carboxylic acids is 1. The molecule has 0 spiro atoms. The molecule has 14 heteroatoms. The van der Waals surface area contributed by atoms with Crippen molar-refractivity contribution in [2.45, 2.75) is 44.0 Å². The molecule has 50 heavy (non-hydrogen) atoms. The van der Waals surface area contributed by atoms with Crippen LogP contribution in [0.1, 0.15) is 45.9 Å². The molecule has 0 unspecified atom stereocenters. The molecule has 4 aromatic carbocycles. The van der Waals surface area contributed by atoms with Crippen LogP contribution in [0, 0.1) is 5.82 Å². The minimum absolute atomic E-state index is 0.0164. The van der Waals surface area contributed by atoms with Crippen LogP contribution in [0.5, 0.6) is 5.75 Å². The van der Waals surface area contributed by atoms with E-state index < -0.39 is 17.6 Å². The number of rotatable bonds is 17. The smallest absolute Gasteiger partial charge is 0.266 e. The Morgan fingerprint density at radius 3 is 2.28 bits per heavy atom. The number of hydrogen-bond donors (Lipinski definition) is 3. The predicted octanol–water partition coefficient (Wildman–Crippen LogP) is 6.57. The SMILES string of the molecule is [N-]=[N+]=NCc1ccccc1C[C@]1(C(=O)NNCCc2ccc(F)cc2)N=C(c2ccc(OCCCO)cc2)O[C@H]1c1ccccc1CN=[N+]=[N-]. The van der Waals surface area contributed by atoms with Crippen LogP contribution < -0.4 is 15.6 Å². The van der Waals surface area contributed by atoms with Gasteiger partial charge in [-0.3, -0.25) is 10.2 Å². The van der Waals surface area contributed by atoms with Crippen LogP contribution in [-0.4, -0.2) is 42.2 Å². The molecule has 0 saturated heterocycles. The minimum atomic E-state index is -1.60. The van der Waals surface area contributed by atoms with Crippen LogP contribution in [0.2, 0.25) is 0 Å². The van der Waals surface area contributed by atoms with Gasteiger partial charge in [0.15, 0.2) is 11.6 Å². The van der Waals surface area contributed by atoms with Crippen molar-refractivity contribution in [2.24, 2.45) is 15.2 Å². The van der Waals surface area contributed by atoms with Gasteiger partial charge in [-0.15, -0.1) is 0 Å². The Labute approximate surface area is 288 Å². The Morgan fingerprint density at radius 1 is 0.920 bits per heavy atom. The van der Waals surface area contributed by atoms with Crippen molar-refractivity contribution >= 4 is 11.8 Å². The van der Waals surface area contributed by atoms with Crippen molar-refractivity contribution in [3.8, 4) is 5.75 Å². The van der Waals surface area contributed by atoms with Crippen LogP contribution >= 0.6 is 0 Å². The third-order valence-electron chi connectivity index (χ3n) is 8.21. The van der Waals surface area contributed by atoms with Crippen molar-refractivity contribution < 1.29 is 23.8 Å². The maximum absolute atomic E-state index is 14.6. The summed E-state index contributed by atoms with van der Waals surface area (Å²) in [6, 6.07) is 27.8. The summed E-state index contributed by atoms with van der Waals surface area (Å²) in [7, 11) is 0. The Bertz CT molecular complexity index is 1890. The van der Waals surface area contributed by atoms with Crippen LogP contribution in [0.3, 0.4) is 0 Å². The van der Waals surface area contributed by atoms with Crippen molar-refractivity contribution in [3.63, 3.8) is 0 Å². The average Bonchev–Trinajstić information content (AvgIpc) is 3.53. The summed E-state index contributed by atoms with van der Waals surface area (Å²) < 4.78 is 25.8. The van der Waals surface area contributed by atoms with Gasteiger partial charge < -0.3 is 14.6 Å². The van der Waals surface area contributed by atoms with Gasteiger partial charge in [0.2, 0.25) is 5.90 Å². The number of benzene rings is 4. The van der Waals surface area contributed by atoms with Crippen LogP contribution in [0.25, 0.3) is 20.9 Å². The summed E-state index contributed by atoms with van der Waals surface area (Å²) in [6.45, 7) is 0.789. The number of halogens is 1. The summed E-state index contributed by atoms with van der Waals surface area (Å²) in [6.07, 6.45) is 0.0841. The molecule has 3 N–H and O–H groups in total. The third-order valence-corrected chi connectivity index (χ3v) is 8.21. The summed E-state index contributed by atoms with van der Waals surface area (Å²) in [5, 5.41) is 16.7. The summed E-state index contributed by atoms with van der Waals surface area (Å²) in [5.41, 5.74) is 26.6. The fourth-order valence-corrected chi connectivity index (χ4v) is 5.69. The standard InChI is InChI=1S/C36H36FN9O4/c37-30-14-10-25(11-15-30)18-19-40-44-35(48)36(22-27-6-1-2-7-28(27)23-41-45-38)33(32-9-4-3-8-29(32)24-42-46-39)50-34(43-36)26-12-16-31(17-13-26)49-21-5-20-47/h1-4,6-17,33,40,47H,5,18-24H2,(H,44,48)/t33-,36-/m0/s1. The first-order valence-corrected chi connectivity index (χ1v) is 16.0. The first kappa shape index (κ1) is 35.4. The maximum Gasteiger partial charge on any atom is 0.266 e. The first-order chi connectivity index (χ1) is 24.5. The topological polar surface area (TPSA) is 190 Å². The van der Waals surface area contributed by atoms with Gasteiger partial charge in [-0.05, 0) is 81.7 Å². The van der Waals surface area contributed by atoms with E-state index >= 15 is 0 Å². The Morgan fingerprint density at radius 2 is 1.58 bits per heavy atom. The molecule has 0 fully saturated rings. The van der Waals surface area contributed by atoms with Crippen molar-refractivity contribution in [1.29, 1.82) is 0 Å². The number of aliphatic hydroxyl groups is 1. The maximum atomic E-state index is 14.6. The third kappa shape index (κ3) is 8.76. The quantitative estimate of drug-likeness (QED) is 0.0374. The van der Waals surface area contributed by atoms with E-state index in [1.165, 1.54) is 12.1 Å². The predicted molar refractivity (Wildman–Crippen MR) is 185 cm³/mol. The molecule has 0 aromatic heterocycles. The fraction of sp³-hybridized carbons (Fsp3) is 0.278. The molecule has 0 saturated carbocycles. The zero-order valence-electron chi connectivity index (χ0n) is 27.2. The molecule has 1 aliphatic rings. The van der Waals surface area contributed by atoms with Crippen LogP contribution in [-0.2, 0) is 35.5 Å². The molecule has 13 nitrogen and oxygen atoms in total. The van der Waals surface area contributed by atoms with E-state index in [0.29, 0.717) is 48.4 Å².